The monoisotopic (exact) mass is 452 g/mol. The number of nitrogens with one attached hydrogen (secondary N) is 1. The number of morpholine rings is 1. The van der Waals surface area contributed by atoms with Gasteiger partial charge in [0.2, 0.25) is 0 Å². The van der Waals surface area contributed by atoms with Crippen molar-refractivity contribution >= 4 is 0 Å². The van der Waals surface area contributed by atoms with Crippen molar-refractivity contribution in [2.45, 2.75) is 18.7 Å². The van der Waals surface area contributed by atoms with Crippen LogP contribution in [-0.4, -0.2) is 27.5 Å². The topological polar surface area (TPSA) is 67.3 Å². The quantitative estimate of drug-likeness (QED) is 0.468. The lowest BCUT2D eigenvalue weighted by Crippen LogP contribution is -2.54. The SMILES string of the molecule is Cc1cn(C2CN(C(c3ccccc3)(c3ccccc3)c3ccccc3)C[CH]O2)c(=O)[nH]c1=O. The molecule has 0 spiro atoms. The molecule has 34 heavy (non-hydrogen) atoms. The molecule has 5 rings (SSSR count). The van der Waals surface area contributed by atoms with E-state index in [4.69, 9.17) is 4.74 Å². The average molecular weight is 453 g/mol. The Morgan fingerprint density at radius 3 is 1.82 bits per heavy atom. The molecule has 0 bridgehead atoms. The maximum Gasteiger partial charge on any atom is 0.330 e. The van der Waals surface area contributed by atoms with Crippen LogP contribution >= 0.6 is 0 Å². The normalized spacial score (nSPS) is 16.9. The highest BCUT2D eigenvalue weighted by Crippen LogP contribution is 2.44. The second-order valence-electron chi connectivity index (χ2n) is 8.45. The first-order valence-electron chi connectivity index (χ1n) is 11.3. The summed E-state index contributed by atoms with van der Waals surface area (Å²) in [6.07, 6.45) is 0.977. The summed E-state index contributed by atoms with van der Waals surface area (Å²) in [5.41, 5.74) is 2.32. The molecule has 2 heterocycles. The van der Waals surface area contributed by atoms with E-state index in [2.05, 4.69) is 46.3 Å². The standard InChI is InChI=1S/C28H26N3O3/c1-21-19-31(27(33)29-26(21)32)25-20-30(17-18-34-25)28(22-11-5-2-6-12-22,23-13-7-3-8-14-23)24-15-9-4-10-16-24/h2-16,18-19,25H,17,20H2,1H3,(H,29,32,33). The fraction of sp³-hybridized carbons (Fsp3) is 0.179. The van der Waals surface area contributed by atoms with Gasteiger partial charge in [-0.1, -0.05) is 91.0 Å². The Labute approximate surface area is 198 Å². The number of hydrogen-bond donors (Lipinski definition) is 1. The predicted molar refractivity (Wildman–Crippen MR) is 131 cm³/mol. The van der Waals surface area contributed by atoms with Crippen molar-refractivity contribution in [2.24, 2.45) is 0 Å². The van der Waals surface area contributed by atoms with E-state index < -0.39 is 17.5 Å². The highest BCUT2D eigenvalue weighted by Gasteiger charge is 2.44. The first-order chi connectivity index (χ1) is 16.6. The van der Waals surface area contributed by atoms with Gasteiger partial charge in [0.15, 0.2) is 6.23 Å². The molecule has 171 valence electrons. The molecular weight excluding hydrogens is 426 g/mol. The van der Waals surface area contributed by atoms with E-state index in [-0.39, 0.29) is 5.56 Å². The lowest BCUT2D eigenvalue weighted by atomic mass is 9.75. The van der Waals surface area contributed by atoms with Gasteiger partial charge in [-0.25, -0.2) is 4.79 Å². The third kappa shape index (κ3) is 3.81. The summed E-state index contributed by atoms with van der Waals surface area (Å²) in [6, 6.07) is 31.2. The molecule has 1 aliphatic rings. The second kappa shape index (κ2) is 9.25. The van der Waals surface area contributed by atoms with E-state index in [1.165, 1.54) is 4.57 Å². The summed E-state index contributed by atoms with van der Waals surface area (Å²) in [5, 5.41) is 0. The number of aryl methyl sites for hydroxylation is 1. The highest BCUT2D eigenvalue weighted by molar-refractivity contribution is 5.49. The third-order valence-corrected chi connectivity index (χ3v) is 6.43. The molecule has 6 heteroatoms. The molecule has 4 aromatic rings. The average Bonchev–Trinajstić information content (AvgIpc) is 2.89. The number of rotatable bonds is 5. The van der Waals surface area contributed by atoms with Crippen LogP contribution in [0.1, 0.15) is 28.5 Å². The zero-order valence-corrected chi connectivity index (χ0v) is 18.9. The lowest BCUT2D eigenvalue weighted by molar-refractivity contribution is -0.0567. The minimum Gasteiger partial charge on any atom is -0.349 e. The van der Waals surface area contributed by atoms with Crippen molar-refractivity contribution in [3.8, 4) is 0 Å². The van der Waals surface area contributed by atoms with E-state index >= 15 is 0 Å². The Hall–Kier alpha value is -3.74. The van der Waals surface area contributed by atoms with Crippen molar-refractivity contribution in [3.05, 3.63) is 147 Å². The molecule has 0 aliphatic carbocycles. The van der Waals surface area contributed by atoms with Crippen molar-refractivity contribution in [2.75, 3.05) is 13.1 Å². The van der Waals surface area contributed by atoms with Crippen LogP contribution in [-0.2, 0) is 10.3 Å². The fourth-order valence-corrected chi connectivity index (χ4v) is 4.86. The van der Waals surface area contributed by atoms with Gasteiger partial charge in [0, 0.05) is 24.8 Å². The van der Waals surface area contributed by atoms with Crippen LogP contribution < -0.4 is 11.2 Å². The Morgan fingerprint density at radius 1 is 0.824 bits per heavy atom. The molecule has 0 amide bonds. The van der Waals surface area contributed by atoms with Crippen LogP contribution in [0.25, 0.3) is 0 Å². The van der Waals surface area contributed by atoms with Gasteiger partial charge in [-0.15, -0.1) is 0 Å². The maximum absolute atomic E-state index is 12.7. The third-order valence-electron chi connectivity index (χ3n) is 6.43. The van der Waals surface area contributed by atoms with Gasteiger partial charge < -0.3 is 4.74 Å². The zero-order chi connectivity index (χ0) is 23.5. The van der Waals surface area contributed by atoms with Gasteiger partial charge in [-0.3, -0.25) is 19.2 Å². The highest BCUT2D eigenvalue weighted by atomic mass is 16.5. The van der Waals surface area contributed by atoms with Crippen LogP contribution in [0.15, 0.2) is 107 Å². The molecule has 1 radical (unpaired) electrons. The largest absolute Gasteiger partial charge is 0.349 e. The second-order valence-corrected chi connectivity index (χ2v) is 8.45. The Morgan fingerprint density at radius 2 is 1.32 bits per heavy atom. The lowest BCUT2D eigenvalue weighted by Gasteiger charge is -2.48. The first-order valence-corrected chi connectivity index (χ1v) is 11.3. The maximum atomic E-state index is 12.7. The molecular formula is C28H26N3O3. The van der Waals surface area contributed by atoms with Gasteiger partial charge in [-0.05, 0) is 23.6 Å². The van der Waals surface area contributed by atoms with Crippen LogP contribution in [0, 0.1) is 13.5 Å². The van der Waals surface area contributed by atoms with Gasteiger partial charge >= 0.3 is 5.69 Å². The summed E-state index contributed by atoms with van der Waals surface area (Å²) in [7, 11) is 0. The minimum atomic E-state index is -0.622. The Bertz CT molecular complexity index is 1270. The molecule has 1 unspecified atom stereocenters. The van der Waals surface area contributed by atoms with E-state index in [1.807, 2.05) is 54.6 Å². The molecule has 6 nitrogen and oxygen atoms in total. The molecule has 1 saturated heterocycles. The summed E-state index contributed by atoms with van der Waals surface area (Å²) >= 11 is 0. The smallest absolute Gasteiger partial charge is 0.330 e. The van der Waals surface area contributed by atoms with Gasteiger partial charge in [-0.2, -0.15) is 0 Å². The summed E-state index contributed by atoms with van der Waals surface area (Å²) in [6.45, 7) is 4.40. The molecule has 1 atom stereocenters. The van der Waals surface area contributed by atoms with Crippen LogP contribution in [0.2, 0.25) is 0 Å². The molecule has 1 N–H and O–H groups in total. The number of H-pyrrole nitrogens is 1. The van der Waals surface area contributed by atoms with Gasteiger partial charge in [0.25, 0.3) is 5.56 Å². The Kier molecular flexibility index (Phi) is 6.01. The fourth-order valence-electron chi connectivity index (χ4n) is 4.86. The summed E-state index contributed by atoms with van der Waals surface area (Å²) in [4.78, 5) is 29.3. The van der Waals surface area contributed by atoms with E-state index in [1.54, 1.807) is 19.7 Å². The van der Waals surface area contributed by atoms with E-state index in [9.17, 15) is 9.59 Å². The number of aromatic nitrogens is 2. The number of nitrogens with zero attached hydrogens (tertiary/aromatic N) is 2. The zero-order valence-electron chi connectivity index (χ0n) is 18.9. The van der Waals surface area contributed by atoms with Crippen molar-refractivity contribution in [3.63, 3.8) is 0 Å². The van der Waals surface area contributed by atoms with Gasteiger partial charge in [0.1, 0.15) is 6.61 Å². The summed E-state index contributed by atoms with van der Waals surface area (Å²) in [5.74, 6) is 0. The number of ether oxygens (including phenoxy) is 1. The van der Waals surface area contributed by atoms with Crippen LogP contribution in [0.5, 0.6) is 0 Å². The molecule has 1 aromatic heterocycles. The van der Waals surface area contributed by atoms with Crippen molar-refractivity contribution < 1.29 is 4.74 Å². The first kappa shape index (κ1) is 22.1. The van der Waals surface area contributed by atoms with Gasteiger partial charge in [0.05, 0.1) is 5.54 Å². The van der Waals surface area contributed by atoms with E-state index in [0.29, 0.717) is 18.7 Å². The predicted octanol–water partition coefficient (Wildman–Crippen LogP) is 3.83. The molecule has 0 saturated carbocycles. The summed E-state index contributed by atoms with van der Waals surface area (Å²) < 4.78 is 7.41. The van der Waals surface area contributed by atoms with Crippen LogP contribution in [0.3, 0.4) is 0 Å². The number of benzene rings is 3. The molecule has 3 aromatic carbocycles. The van der Waals surface area contributed by atoms with Crippen molar-refractivity contribution in [1.29, 1.82) is 0 Å². The molecule has 1 fully saturated rings. The molecule has 1 aliphatic heterocycles. The van der Waals surface area contributed by atoms with E-state index in [0.717, 1.165) is 16.7 Å². The number of aromatic amines is 1. The Balaban J connectivity index is 1.70. The number of hydrogen-bond acceptors (Lipinski definition) is 4. The van der Waals surface area contributed by atoms with Crippen molar-refractivity contribution in [1.82, 2.24) is 14.5 Å². The minimum absolute atomic E-state index is 0.384. The van der Waals surface area contributed by atoms with Crippen LogP contribution in [0.4, 0.5) is 0 Å².